The fourth-order valence-corrected chi connectivity index (χ4v) is 7.30. The molecule has 0 bridgehead atoms. The summed E-state index contributed by atoms with van der Waals surface area (Å²) in [5.41, 5.74) is 6.61. The Morgan fingerprint density at radius 3 is 2.62 bits per heavy atom. The molecule has 1 aliphatic heterocycles. The number of aromatic nitrogens is 2. The summed E-state index contributed by atoms with van der Waals surface area (Å²) < 4.78 is 17.4. The van der Waals surface area contributed by atoms with Crippen molar-refractivity contribution in [2.24, 2.45) is 11.3 Å². The molecule has 180 valence electrons. The molecule has 1 aromatic carbocycles. The molecule has 0 unspecified atom stereocenters. The Hall–Kier alpha value is -2.22. The van der Waals surface area contributed by atoms with Gasteiger partial charge in [-0.15, -0.1) is 11.3 Å². The lowest BCUT2D eigenvalue weighted by Gasteiger charge is -2.26. The minimum absolute atomic E-state index is 0.442. The van der Waals surface area contributed by atoms with Crippen LogP contribution < -0.4 is 4.74 Å². The molecule has 6 nitrogen and oxygen atoms in total. The van der Waals surface area contributed by atoms with Gasteiger partial charge in [0.2, 0.25) is 5.82 Å². The first-order valence-corrected chi connectivity index (χ1v) is 13.2. The quantitative estimate of drug-likeness (QED) is 0.472. The molecule has 1 saturated heterocycles. The van der Waals surface area contributed by atoms with Crippen LogP contribution in [-0.4, -0.2) is 54.5 Å². The molecule has 3 aromatic rings. The van der Waals surface area contributed by atoms with Crippen LogP contribution in [-0.2, 0) is 11.2 Å². The van der Waals surface area contributed by atoms with Gasteiger partial charge in [0.25, 0.3) is 5.89 Å². The van der Waals surface area contributed by atoms with Crippen LogP contribution in [0.2, 0.25) is 0 Å². The Morgan fingerprint density at radius 1 is 1.15 bits per heavy atom. The highest BCUT2D eigenvalue weighted by atomic mass is 32.1. The first kappa shape index (κ1) is 22.3. The van der Waals surface area contributed by atoms with Crippen molar-refractivity contribution in [3.63, 3.8) is 0 Å². The zero-order valence-corrected chi connectivity index (χ0v) is 21.6. The van der Waals surface area contributed by atoms with Gasteiger partial charge >= 0.3 is 0 Å². The number of benzene rings is 1. The lowest BCUT2D eigenvalue weighted by Crippen LogP contribution is -2.38. The third-order valence-electron chi connectivity index (χ3n) is 8.12. The average Bonchev–Trinajstić information content (AvgIpc) is 3.30. The number of nitrogens with zero attached hydrogens (tertiary/aromatic N) is 3. The molecule has 3 aliphatic rings. The van der Waals surface area contributed by atoms with Gasteiger partial charge in [0.05, 0.1) is 18.1 Å². The fourth-order valence-electron chi connectivity index (χ4n) is 6.15. The monoisotopic (exact) mass is 479 g/mol. The molecule has 6 rings (SSSR count). The molecule has 2 fully saturated rings. The van der Waals surface area contributed by atoms with E-state index in [4.69, 9.17) is 19.0 Å². The van der Waals surface area contributed by atoms with E-state index in [1.54, 1.807) is 5.56 Å². The average molecular weight is 480 g/mol. The Morgan fingerprint density at radius 2 is 1.88 bits per heavy atom. The summed E-state index contributed by atoms with van der Waals surface area (Å²) in [7, 11) is 0. The molecule has 0 spiro atoms. The standard InChI is InChI=1S/C27H33N3O3S/c1-15-12-18(13-16(2)23(15)32-11-8-30-6-9-31-10-7-30)25-28-26(33-29-25)24-19-14-20-22(27(20,4)5)21(19)17(3)34-24/h12-13,20,22H,6-11,14H2,1-5H3/t20-,22-/m1/s1. The largest absolute Gasteiger partial charge is 0.492 e. The maximum absolute atomic E-state index is 6.17. The molecular weight excluding hydrogens is 446 g/mol. The topological polar surface area (TPSA) is 60.6 Å². The van der Waals surface area contributed by atoms with E-state index >= 15 is 0 Å². The maximum atomic E-state index is 6.17. The number of hydrogen-bond donors (Lipinski definition) is 0. The maximum Gasteiger partial charge on any atom is 0.268 e. The van der Waals surface area contributed by atoms with Crippen LogP contribution in [0.4, 0.5) is 0 Å². The van der Waals surface area contributed by atoms with Gasteiger partial charge in [-0.2, -0.15) is 4.98 Å². The molecule has 0 amide bonds. The second kappa shape index (κ2) is 8.18. The second-order valence-electron chi connectivity index (χ2n) is 10.7. The number of rotatable bonds is 6. The zero-order valence-electron chi connectivity index (χ0n) is 20.7. The van der Waals surface area contributed by atoms with Gasteiger partial charge < -0.3 is 14.0 Å². The normalized spacial score (nSPS) is 23.1. The van der Waals surface area contributed by atoms with Gasteiger partial charge in [-0.25, -0.2) is 0 Å². The fraction of sp³-hybridized carbons (Fsp3) is 0.556. The summed E-state index contributed by atoms with van der Waals surface area (Å²) >= 11 is 1.81. The summed E-state index contributed by atoms with van der Waals surface area (Å²) in [5.74, 6) is 3.73. The van der Waals surface area contributed by atoms with Crippen molar-refractivity contribution >= 4 is 11.3 Å². The number of ether oxygens (including phenoxy) is 2. The third kappa shape index (κ3) is 3.60. The van der Waals surface area contributed by atoms with E-state index in [1.807, 2.05) is 11.3 Å². The molecule has 0 radical (unpaired) electrons. The first-order valence-electron chi connectivity index (χ1n) is 12.4. The molecule has 2 aromatic heterocycles. The van der Waals surface area contributed by atoms with Crippen LogP contribution in [0.1, 0.15) is 46.9 Å². The molecule has 34 heavy (non-hydrogen) atoms. The molecule has 1 saturated carbocycles. The summed E-state index contributed by atoms with van der Waals surface area (Å²) in [4.78, 5) is 9.79. The van der Waals surface area contributed by atoms with Crippen LogP contribution in [0.3, 0.4) is 0 Å². The van der Waals surface area contributed by atoms with Gasteiger partial charge in [0.1, 0.15) is 12.4 Å². The van der Waals surface area contributed by atoms with Crippen molar-refractivity contribution in [3.8, 4) is 27.9 Å². The van der Waals surface area contributed by atoms with Crippen LogP contribution in [0, 0.1) is 32.1 Å². The predicted molar refractivity (Wildman–Crippen MR) is 134 cm³/mol. The van der Waals surface area contributed by atoms with E-state index in [2.05, 4.69) is 56.8 Å². The van der Waals surface area contributed by atoms with Crippen LogP contribution in [0.15, 0.2) is 16.7 Å². The molecule has 0 N–H and O–H groups in total. The highest BCUT2D eigenvalue weighted by molar-refractivity contribution is 7.15. The van der Waals surface area contributed by atoms with E-state index in [0.717, 1.165) is 67.6 Å². The smallest absolute Gasteiger partial charge is 0.268 e. The second-order valence-corrected chi connectivity index (χ2v) is 11.9. The minimum Gasteiger partial charge on any atom is -0.492 e. The highest BCUT2D eigenvalue weighted by Crippen LogP contribution is 2.72. The van der Waals surface area contributed by atoms with Gasteiger partial charge in [0, 0.05) is 30.1 Å². The molecule has 2 atom stereocenters. The summed E-state index contributed by atoms with van der Waals surface area (Å²) in [6.07, 6.45) is 1.14. The van der Waals surface area contributed by atoms with Crippen molar-refractivity contribution in [2.45, 2.75) is 47.0 Å². The predicted octanol–water partition coefficient (Wildman–Crippen LogP) is 5.40. The number of fused-ring (bicyclic) bond motifs is 3. The molecule has 7 heteroatoms. The highest BCUT2D eigenvalue weighted by Gasteiger charge is 2.63. The Kier molecular flexibility index (Phi) is 5.35. The van der Waals surface area contributed by atoms with Gasteiger partial charge in [-0.3, -0.25) is 4.90 Å². The summed E-state index contributed by atoms with van der Waals surface area (Å²) in [6, 6.07) is 4.21. The Balaban J connectivity index is 1.19. The van der Waals surface area contributed by atoms with E-state index in [1.165, 1.54) is 15.3 Å². The molecule has 3 heterocycles. The lowest BCUT2D eigenvalue weighted by molar-refractivity contribution is 0.0322. The number of thiophene rings is 1. The van der Waals surface area contributed by atoms with E-state index in [-0.39, 0.29) is 0 Å². The van der Waals surface area contributed by atoms with Crippen LogP contribution in [0.5, 0.6) is 5.75 Å². The van der Waals surface area contributed by atoms with E-state index in [0.29, 0.717) is 29.7 Å². The zero-order chi connectivity index (χ0) is 23.6. The van der Waals surface area contributed by atoms with Crippen molar-refractivity contribution in [3.05, 3.63) is 39.3 Å². The van der Waals surface area contributed by atoms with Crippen molar-refractivity contribution in [2.75, 3.05) is 39.5 Å². The molecule has 2 aliphatic carbocycles. The van der Waals surface area contributed by atoms with Crippen LogP contribution in [0.25, 0.3) is 22.2 Å². The van der Waals surface area contributed by atoms with Crippen molar-refractivity contribution in [1.29, 1.82) is 0 Å². The van der Waals surface area contributed by atoms with Gasteiger partial charge in [-0.05, 0) is 78.8 Å². The van der Waals surface area contributed by atoms with Crippen molar-refractivity contribution < 1.29 is 14.0 Å². The van der Waals surface area contributed by atoms with E-state index in [9.17, 15) is 0 Å². The van der Waals surface area contributed by atoms with E-state index < -0.39 is 0 Å². The van der Waals surface area contributed by atoms with Gasteiger partial charge in [-0.1, -0.05) is 19.0 Å². The number of aryl methyl sites for hydroxylation is 3. The third-order valence-corrected chi connectivity index (χ3v) is 9.27. The van der Waals surface area contributed by atoms with Crippen molar-refractivity contribution in [1.82, 2.24) is 15.0 Å². The minimum atomic E-state index is 0.442. The number of hydrogen-bond acceptors (Lipinski definition) is 7. The Labute approximate surface area is 205 Å². The first-order chi connectivity index (χ1) is 16.3. The van der Waals surface area contributed by atoms with Gasteiger partial charge in [0.15, 0.2) is 0 Å². The van der Waals surface area contributed by atoms with Crippen LogP contribution >= 0.6 is 11.3 Å². The number of morpholine rings is 1. The molecular formula is C27H33N3O3S. The lowest BCUT2D eigenvalue weighted by atomic mass is 9.95. The summed E-state index contributed by atoms with van der Waals surface area (Å²) in [5, 5.41) is 4.35. The Bertz CT molecular complexity index is 1210. The SMILES string of the molecule is Cc1cc(-c2noc(-c3sc(C)c4c3C[C@@H]3[C@H]4C3(C)C)n2)cc(C)c1OCCN1CCOCC1. The summed E-state index contributed by atoms with van der Waals surface area (Å²) in [6.45, 7) is 16.4.